The van der Waals surface area contributed by atoms with E-state index in [1.54, 1.807) is 6.07 Å². The fourth-order valence-corrected chi connectivity index (χ4v) is 2.38. The van der Waals surface area contributed by atoms with E-state index >= 15 is 0 Å². The van der Waals surface area contributed by atoms with Crippen molar-refractivity contribution in [3.8, 4) is 0 Å². The minimum atomic E-state index is -0.193. The molecule has 0 fully saturated rings. The van der Waals surface area contributed by atoms with E-state index in [9.17, 15) is 4.39 Å². The Bertz CT molecular complexity index is 537. The van der Waals surface area contributed by atoms with Gasteiger partial charge in [0.25, 0.3) is 0 Å². The molecule has 0 aliphatic rings. The van der Waals surface area contributed by atoms with Crippen LogP contribution in [0.25, 0.3) is 0 Å². The molecule has 1 unspecified atom stereocenters. The molecule has 94 valence electrons. The maximum Gasteiger partial charge on any atom is 0.123 e. The fourth-order valence-electron chi connectivity index (χ4n) is 2.12. The molecule has 2 rings (SSSR count). The van der Waals surface area contributed by atoms with Crippen LogP contribution in [0.5, 0.6) is 0 Å². The standard InChI is InChI=1S/C15H15BrFN/c1-10-9-13(17)7-8-14(10)15(18-2)11-3-5-12(16)6-4-11/h3-9,15,18H,1-2H3. The van der Waals surface area contributed by atoms with Crippen LogP contribution in [0.3, 0.4) is 0 Å². The second-order valence-electron chi connectivity index (χ2n) is 4.27. The molecule has 0 aliphatic heterocycles. The highest BCUT2D eigenvalue weighted by Gasteiger charge is 2.14. The zero-order chi connectivity index (χ0) is 13.1. The SMILES string of the molecule is CNC(c1ccc(Br)cc1)c1ccc(F)cc1C. The second-order valence-corrected chi connectivity index (χ2v) is 5.19. The van der Waals surface area contributed by atoms with Crippen LogP contribution >= 0.6 is 15.9 Å². The van der Waals surface area contributed by atoms with Crippen LogP contribution in [0.4, 0.5) is 4.39 Å². The van der Waals surface area contributed by atoms with E-state index < -0.39 is 0 Å². The van der Waals surface area contributed by atoms with E-state index in [0.29, 0.717) is 0 Å². The van der Waals surface area contributed by atoms with Crippen LogP contribution in [-0.4, -0.2) is 7.05 Å². The first-order valence-corrected chi connectivity index (χ1v) is 6.60. The summed E-state index contributed by atoms with van der Waals surface area (Å²) in [7, 11) is 1.91. The van der Waals surface area contributed by atoms with Crippen molar-refractivity contribution in [2.75, 3.05) is 7.05 Å². The van der Waals surface area contributed by atoms with Gasteiger partial charge >= 0.3 is 0 Å². The van der Waals surface area contributed by atoms with Gasteiger partial charge in [-0.25, -0.2) is 4.39 Å². The highest BCUT2D eigenvalue weighted by Crippen LogP contribution is 2.26. The Kier molecular flexibility index (Phi) is 4.15. The first kappa shape index (κ1) is 13.2. The zero-order valence-electron chi connectivity index (χ0n) is 10.4. The van der Waals surface area contributed by atoms with E-state index in [-0.39, 0.29) is 11.9 Å². The first-order chi connectivity index (χ1) is 8.61. The highest BCUT2D eigenvalue weighted by atomic mass is 79.9. The average Bonchev–Trinajstić information content (AvgIpc) is 2.35. The first-order valence-electron chi connectivity index (χ1n) is 5.80. The fraction of sp³-hybridized carbons (Fsp3) is 0.200. The normalized spacial score (nSPS) is 12.4. The molecule has 0 radical (unpaired) electrons. The molecule has 1 nitrogen and oxygen atoms in total. The number of nitrogens with one attached hydrogen (secondary N) is 1. The van der Waals surface area contributed by atoms with Gasteiger partial charge in [-0.05, 0) is 54.9 Å². The molecule has 1 N–H and O–H groups in total. The van der Waals surface area contributed by atoms with Crippen LogP contribution in [0.15, 0.2) is 46.9 Å². The summed E-state index contributed by atoms with van der Waals surface area (Å²) in [5, 5.41) is 3.28. The topological polar surface area (TPSA) is 12.0 Å². The number of rotatable bonds is 3. The molecule has 0 saturated carbocycles. The molecular formula is C15H15BrFN. The van der Waals surface area contributed by atoms with Gasteiger partial charge in [-0.2, -0.15) is 0 Å². The van der Waals surface area contributed by atoms with E-state index in [1.165, 1.54) is 6.07 Å². The van der Waals surface area contributed by atoms with Crippen LogP contribution in [0.1, 0.15) is 22.7 Å². The van der Waals surface area contributed by atoms with E-state index in [1.807, 2.05) is 32.2 Å². The van der Waals surface area contributed by atoms with Gasteiger partial charge in [-0.3, -0.25) is 0 Å². The Hall–Kier alpha value is -1.19. The number of aryl methyl sites for hydroxylation is 1. The second kappa shape index (κ2) is 5.63. The molecule has 2 aromatic carbocycles. The molecular weight excluding hydrogens is 293 g/mol. The van der Waals surface area contributed by atoms with Crippen LogP contribution in [0, 0.1) is 12.7 Å². The Morgan fingerprint density at radius 3 is 2.33 bits per heavy atom. The number of halogens is 2. The van der Waals surface area contributed by atoms with Gasteiger partial charge in [0, 0.05) is 4.47 Å². The molecule has 1 atom stereocenters. The van der Waals surface area contributed by atoms with Crippen molar-refractivity contribution in [1.29, 1.82) is 0 Å². The Morgan fingerprint density at radius 1 is 1.11 bits per heavy atom. The summed E-state index contributed by atoms with van der Waals surface area (Å²) in [6, 6.07) is 13.1. The van der Waals surface area contributed by atoms with Gasteiger partial charge < -0.3 is 5.32 Å². The molecule has 3 heteroatoms. The lowest BCUT2D eigenvalue weighted by Crippen LogP contribution is -2.18. The summed E-state index contributed by atoms with van der Waals surface area (Å²) in [5.74, 6) is -0.193. The van der Waals surface area contributed by atoms with Crippen LogP contribution in [-0.2, 0) is 0 Å². The Balaban J connectivity index is 2.41. The lowest BCUT2D eigenvalue weighted by atomic mass is 9.95. The summed E-state index contributed by atoms with van der Waals surface area (Å²) in [4.78, 5) is 0. The summed E-state index contributed by atoms with van der Waals surface area (Å²) in [6.45, 7) is 1.93. The quantitative estimate of drug-likeness (QED) is 0.896. The van der Waals surface area contributed by atoms with Crippen molar-refractivity contribution in [3.63, 3.8) is 0 Å². The average molecular weight is 308 g/mol. The summed E-state index contributed by atoms with van der Waals surface area (Å²) < 4.78 is 14.2. The molecule has 0 aliphatic carbocycles. The largest absolute Gasteiger partial charge is 0.309 e. The summed E-state index contributed by atoms with van der Waals surface area (Å²) in [5.41, 5.74) is 3.22. The van der Waals surface area contributed by atoms with E-state index in [2.05, 4.69) is 33.4 Å². The van der Waals surface area contributed by atoms with Gasteiger partial charge in [-0.1, -0.05) is 34.1 Å². The Labute approximate surface area is 115 Å². The van der Waals surface area contributed by atoms with Crippen molar-refractivity contribution in [2.24, 2.45) is 0 Å². The third-order valence-corrected chi connectivity index (χ3v) is 3.56. The Morgan fingerprint density at radius 2 is 1.78 bits per heavy atom. The minimum Gasteiger partial charge on any atom is -0.309 e. The van der Waals surface area contributed by atoms with Crippen LogP contribution in [0.2, 0.25) is 0 Å². The smallest absolute Gasteiger partial charge is 0.123 e. The third-order valence-electron chi connectivity index (χ3n) is 3.03. The summed E-state index contributed by atoms with van der Waals surface area (Å²) >= 11 is 3.43. The maximum absolute atomic E-state index is 13.1. The maximum atomic E-state index is 13.1. The molecule has 0 saturated heterocycles. The summed E-state index contributed by atoms with van der Waals surface area (Å²) in [6.07, 6.45) is 0. The van der Waals surface area contributed by atoms with Gasteiger partial charge in [0.05, 0.1) is 6.04 Å². The zero-order valence-corrected chi connectivity index (χ0v) is 12.0. The molecule has 0 amide bonds. The monoisotopic (exact) mass is 307 g/mol. The molecule has 0 aromatic heterocycles. The van der Waals surface area contributed by atoms with Crippen molar-refractivity contribution in [2.45, 2.75) is 13.0 Å². The van der Waals surface area contributed by atoms with E-state index in [4.69, 9.17) is 0 Å². The van der Waals surface area contributed by atoms with Crippen molar-refractivity contribution < 1.29 is 4.39 Å². The third kappa shape index (κ3) is 2.79. The van der Waals surface area contributed by atoms with Gasteiger partial charge in [0.15, 0.2) is 0 Å². The molecule has 2 aromatic rings. The lowest BCUT2D eigenvalue weighted by Gasteiger charge is -2.19. The molecule has 0 bridgehead atoms. The molecule has 18 heavy (non-hydrogen) atoms. The van der Waals surface area contributed by atoms with Crippen molar-refractivity contribution in [1.82, 2.24) is 5.32 Å². The van der Waals surface area contributed by atoms with Gasteiger partial charge in [-0.15, -0.1) is 0 Å². The van der Waals surface area contributed by atoms with Gasteiger partial charge in [0.2, 0.25) is 0 Å². The number of hydrogen-bond donors (Lipinski definition) is 1. The molecule has 0 heterocycles. The predicted molar refractivity (Wildman–Crippen MR) is 76.2 cm³/mol. The minimum absolute atomic E-state index is 0.0821. The van der Waals surface area contributed by atoms with Crippen LogP contribution < -0.4 is 5.32 Å². The van der Waals surface area contributed by atoms with Crippen molar-refractivity contribution >= 4 is 15.9 Å². The van der Waals surface area contributed by atoms with Gasteiger partial charge in [0.1, 0.15) is 5.82 Å². The molecule has 0 spiro atoms. The van der Waals surface area contributed by atoms with E-state index in [0.717, 1.165) is 21.2 Å². The highest BCUT2D eigenvalue weighted by molar-refractivity contribution is 9.10. The number of benzene rings is 2. The lowest BCUT2D eigenvalue weighted by molar-refractivity contribution is 0.621. The predicted octanol–water partition coefficient (Wildman–Crippen LogP) is 4.21. The number of hydrogen-bond acceptors (Lipinski definition) is 1. The van der Waals surface area contributed by atoms with Crippen molar-refractivity contribution in [3.05, 3.63) is 69.4 Å².